The molecule has 100 valence electrons. The van der Waals surface area contributed by atoms with Gasteiger partial charge in [0.15, 0.2) is 0 Å². The highest BCUT2D eigenvalue weighted by Crippen LogP contribution is 2.31. The Bertz CT molecular complexity index is 373. The van der Waals surface area contributed by atoms with Crippen LogP contribution in [0.3, 0.4) is 0 Å². The molecule has 2 nitrogen and oxygen atoms in total. The van der Waals surface area contributed by atoms with Crippen molar-refractivity contribution in [3.63, 3.8) is 0 Å². The van der Waals surface area contributed by atoms with Crippen molar-refractivity contribution in [1.29, 1.82) is 0 Å². The molecule has 0 bridgehead atoms. The molecule has 2 heteroatoms. The SMILES string of the molecule is CC(C)CCN1CCCCC1c1cccc(N)c1. The normalized spacial score (nSPS) is 21.4. The third kappa shape index (κ3) is 3.49. The van der Waals surface area contributed by atoms with Crippen LogP contribution in [0, 0.1) is 5.92 Å². The van der Waals surface area contributed by atoms with E-state index in [-0.39, 0.29) is 0 Å². The minimum atomic E-state index is 0.584. The molecule has 1 fully saturated rings. The van der Waals surface area contributed by atoms with E-state index < -0.39 is 0 Å². The lowest BCUT2D eigenvalue weighted by Crippen LogP contribution is -2.34. The quantitative estimate of drug-likeness (QED) is 0.818. The van der Waals surface area contributed by atoms with E-state index in [1.54, 1.807) is 0 Å². The molecule has 2 N–H and O–H groups in total. The van der Waals surface area contributed by atoms with Gasteiger partial charge in [-0.3, -0.25) is 4.90 Å². The molecule has 1 saturated heterocycles. The number of anilines is 1. The van der Waals surface area contributed by atoms with E-state index in [0.29, 0.717) is 6.04 Å². The lowest BCUT2D eigenvalue weighted by molar-refractivity contribution is 0.141. The second-order valence-electron chi connectivity index (χ2n) is 5.90. The maximum absolute atomic E-state index is 5.91. The van der Waals surface area contributed by atoms with Crippen LogP contribution in [-0.4, -0.2) is 18.0 Å². The van der Waals surface area contributed by atoms with Gasteiger partial charge in [0.2, 0.25) is 0 Å². The third-order valence-electron chi connectivity index (χ3n) is 3.90. The van der Waals surface area contributed by atoms with Crippen molar-refractivity contribution >= 4 is 5.69 Å². The first-order valence-corrected chi connectivity index (χ1v) is 7.26. The average molecular weight is 246 g/mol. The van der Waals surface area contributed by atoms with Crippen LogP contribution in [0.4, 0.5) is 5.69 Å². The number of benzene rings is 1. The molecule has 18 heavy (non-hydrogen) atoms. The number of nitrogens with zero attached hydrogens (tertiary/aromatic N) is 1. The zero-order valence-electron chi connectivity index (χ0n) is 11.7. The first kappa shape index (κ1) is 13.4. The number of nitrogens with two attached hydrogens (primary N) is 1. The maximum Gasteiger partial charge on any atom is 0.0348 e. The Morgan fingerprint density at radius 1 is 1.33 bits per heavy atom. The zero-order chi connectivity index (χ0) is 13.0. The summed E-state index contributed by atoms with van der Waals surface area (Å²) in [5, 5.41) is 0. The van der Waals surface area contributed by atoms with Crippen LogP contribution in [0.25, 0.3) is 0 Å². The van der Waals surface area contributed by atoms with Gasteiger partial charge in [-0.05, 0) is 56.0 Å². The fourth-order valence-corrected chi connectivity index (χ4v) is 2.83. The Morgan fingerprint density at radius 3 is 2.89 bits per heavy atom. The van der Waals surface area contributed by atoms with Gasteiger partial charge in [-0.15, -0.1) is 0 Å². The average Bonchev–Trinajstić information content (AvgIpc) is 2.36. The Labute approximate surface area is 111 Å². The van der Waals surface area contributed by atoms with Gasteiger partial charge in [-0.1, -0.05) is 32.4 Å². The van der Waals surface area contributed by atoms with Crippen molar-refractivity contribution in [2.24, 2.45) is 5.92 Å². The molecule has 0 radical (unpaired) electrons. The summed E-state index contributed by atoms with van der Waals surface area (Å²) in [6.07, 6.45) is 5.26. The molecule has 1 aliphatic heterocycles. The van der Waals surface area contributed by atoms with Gasteiger partial charge in [-0.2, -0.15) is 0 Å². The largest absolute Gasteiger partial charge is 0.399 e. The minimum Gasteiger partial charge on any atom is -0.399 e. The van der Waals surface area contributed by atoms with Gasteiger partial charge in [0, 0.05) is 11.7 Å². The molecule has 0 saturated carbocycles. The summed E-state index contributed by atoms with van der Waals surface area (Å²) in [5.74, 6) is 0.786. The van der Waals surface area contributed by atoms with Gasteiger partial charge >= 0.3 is 0 Å². The van der Waals surface area contributed by atoms with Crippen LogP contribution < -0.4 is 5.73 Å². The monoisotopic (exact) mass is 246 g/mol. The highest BCUT2D eigenvalue weighted by Gasteiger charge is 2.23. The van der Waals surface area contributed by atoms with Crippen LogP contribution in [0.15, 0.2) is 24.3 Å². The molecule has 1 atom stereocenters. The van der Waals surface area contributed by atoms with Crippen molar-refractivity contribution in [2.45, 2.75) is 45.6 Å². The standard InChI is InChI=1S/C16H26N2/c1-13(2)9-11-18-10-4-3-8-16(18)14-6-5-7-15(17)12-14/h5-7,12-13,16H,3-4,8-11,17H2,1-2H3. The first-order chi connectivity index (χ1) is 8.66. The van der Waals surface area contributed by atoms with Crippen LogP contribution >= 0.6 is 0 Å². The van der Waals surface area contributed by atoms with E-state index in [1.807, 2.05) is 6.07 Å². The fraction of sp³-hybridized carbons (Fsp3) is 0.625. The van der Waals surface area contributed by atoms with Gasteiger partial charge in [0.1, 0.15) is 0 Å². The highest BCUT2D eigenvalue weighted by molar-refractivity contribution is 5.41. The van der Waals surface area contributed by atoms with Crippen LogP contribution in [-0.2, 0) is 0 Å². The molecule has 0 amide bonds. The van der Waals surface area contributed by atoms with Gasteiger partial charge < -0.3 is 5.73 Å². The molecule has 1 aliphatic rings. The molecule has 1 aromatic carbocycles. The van der Waals surface area contributed by atoms with Gasteiger partial charge in [0.25, 0.3) is 0 Å². The topological polar surface area (TPSA) is 29.3 Å². The Hall–Kier alpha value is -1.02. The number of hydrogen-bond acceptors (Lipinski definition) is 2. The van der Waals surface area contributed by atoms with Crippen LogP contribution in [0.1, 0.15) is 51.1 Å². The second-order valence-corrected chi connectivity index (χ2v) is 5.90. The smallest absolute Gasteiger partial charge is 0.0348 e. The lowest BCUT2D eigenvalue weighted by Gasteiger charge is -2.36. The Morgan fingerprint density at radius 2 is 2.17 bits per heavy atom. The number of likely N-dealkylation sites (tertiary alicyclic amines) is 1. The van der Waals surface area contributed by atoms with Crippen molar-refractivity contribution in [3.05, 3.63) is 29.8 Å². The number of piperidine rings is 1. The predicted octanol–water partition coefficient (Wildman–Crippen LogP) is 3.84. The summed E-state index contributed by atoms with van der Waals surface area (Å²) in [5.41, 5.74) is 8.21. The second kappa shape index (κ2) is 6.24. The Balaban J connectivity index is 2.07. The van der Waals surface area contributed by atoms with Gasteiger partial charge in [0.05, 0.1) is 0 Å². The lowest BCUT2D eigenvalue weighted by atomic mass is 9.94. The predicted molar refractivity (Wildman–Crippen MR) is 78.5 cm³/mol. The molecule has 2 rings (SSSR count). The van der Waals surface area contributed by atoms with Crippen molar-refractivity contribution in [3.8, 4) is 0 Å². The van der Waals surface area contributed by atoms with E-state index in [0.717, 1.165) is 11.6 Å². The van der Waals surface area contributed by atoms with Crippen LogP contribution in [0.2, 0.25) is 0 Å². The molecular weight excluding hydrogens is 220 g/mol. The Kier molecular flexibility index (Phi) is 4.65. The summed E-state index contributed by atoms with van der Waals surface area (Å²) >= 11 is 0. The van der Waals surface area contributed by atoms with Gasteiger partial charge in [-0.25, -0.2) is 0 Å². The minimum absolute atomic E-state index is 0.584. The summed E-state index contributed by atoms with van der Waals surface area (Å²) in [7, 11) is 0. The highest BCUT2D eigenvalue weighted by atomic mass is 15.2. The zero-order valence-corrected chi connectivity index (χ0v) is 11.7. The van der Waals surface area contributed by atoms with E-state index in [4.69, 9.17) is 5.73 Å². The first-order valence-electron chi connectivity index (χ1n) is 7.26. The number of hydrogen-bond donors (Lipinski definition) is 1. The van der Waals surface area contributed by atoms with Crippen molar-refractivity contribution in [2.75, 3.05) is 18.8 Å². The third-order valence-corrected chi connectivity index (χ3v) is 3.90. The molecule has 1 heterocycles. The van der Waals surface area contributed by atoms with E-state index >= 15 is 0 Å². The van der Waals surface area contributed by atoms with E-state index in [2.05, 4.69) is 36.9 Å². The number of nitrogen functional groups attached to an aromatic ring is 1. The molecule has 1 unspecified atom stereocenters. The van der Waals surface area contributed by atoms with E-state index in [1.165, 1.54) is 44.3 Å². The van der Waals surface area contributed by atoms with Crippen LogP contribution in [0.5, 0.6) is 0 Å². The fourth-order valence-electron chi connectivity index (χ4n) is 2.83. The molecular formula is C16H26N2. The van der Waals surface area contributed by atoms with E-state index in [9.17, 15) is 0 Å². The molecule has 0 aliphatic carbocycles. The summed E-state index contributed by atoms with van der Waals surface area (Å²) in [4.78, 5) is 2.65. The van der Waals surface area contributed by atoms with Crippen molar-refractivity contribution in [1.82, 2.24) is 4.90 Å². The summed E-state index contributed by atoms with van der Waals surface area (Å²) in [6, 6.07) is 9.03. The molecule has 0 spiro atoms. The summed E-state index contributed by atoms with van der Waals surface area (Å²) in [6.45, 7) is 7.07. The maximum atomic E-state index is 5.91. The number of rotatable bonds is 4. The molecule has 0 aromatic heterocycles. The molecule has 1 aromatic rings. The van der Waals surface area contributed by atoms with Crippen molar-refractivity contribution < 1.29 is 0 Å². The summed E-state index contributed by atoms with van der Waals surface area (Å²) < 4.78 is 0.